The van der Waals surface area contributed by atoms with Crippen LogP contribution in [-0.4, -0.2) is 11.2 Å². The number of rotatable bonds is 5. The van der Waals surface area contributed by atoms with Crippen LogP contribution in [0.1, 0.15) is 29.5 Å². The lowest BCUT2D eigenvalue weighted by atomic mass is 10.1. The molecule has 0 saturated heterocycles. The minimum absolute atomic E-state index is 0.368. The largest absolute Gasteiger partial charge is 0.361 e. The van der Waals surface area contributed by atoms with Crippen LogP contribution in [0.25, 0.3) is 0 Å². The zero-order valence-electron chi connectivity index (χ0n) is 11.5. The number of aromatic nitrogens is 1. The van der Waals surface area contributed by atoms with Gasteiger partial charge in [-0.2, -0.15) is 0 Å². The van der Waals surface area contributed by atoms with E-state index < -0.39 is 0 Å². The third kappa shape index (κ3) is 3.82. The van der Waals surface area contributed by atoms with Crippen molar-refractivity contribution in [3.8, 4) is 0 Å². The van der Waals surface area contributed by atoms with E-state index in [1.807, 2.05) is 32.0 Å². The van der Waals surface area contributed by atoms with Crippen molar-refractivity contribution in [2.75, 3.05) is 0 Å². The maximum absolute atomic E-state index is 5.99. The van der Waals surface area contributed by atoms with Gasteiger partial charge >= 0.3 is 0 Å². The second-order valence-corrected chi connectivity index (χ2v) is 5.36. The first kappa shape index (κ1) is 14.1. The van der Waals surface area contributed by atoms with Gasteiger partial charge in [-0.05, 0) is 44.9 Å². The van der Waals surface area contributed by atoms with Gasteiger partial charge < -0.3 is 9.84 Å². The van der Waals surface area contributed by atoms with Crippen molar-refractivity contribution in [1.29, 1.82) is 0 Å². The first-order chi connectivity index (χ1) is 9.06. The standard InChI is InChI=1S/C15H19ClN2O/c1-10(7-13-5-4-6-14(16)8-13)17-9-15-11(2)18-19-12(15)3/h4-6,8,10,17H,7,9H2,1-3H3. The SMILES string of the molecule is Cc1noc(C)c1CNC(C)Cc1cccc(Cl)c1. The zero-order valence-corrected chi connectivity index (χ0v) is 12.3. The molecule has 0 saturated carbocycles. The molecule has 0 spiro atoms. The molecule has 102 valence electrons. The highest BCUT2D eigenvalue weighted by Crippen LogP contribution is 2.14. The molecule has 0 aliphatic rings. The van der Waals surface area contributed by atoms with Gasteiger partial charge in [-0.25, -0.2) is 0 Å². The smallest absolute Gasteiger partial charge is 0.138 e. The maximum atomic E-state index is 5.99. The summed E-state index contributed by atoms with van der Waals surface area (Å²) in [5, 5.41) is 8.24. The van der Waals surface area contributed by atoms with Gasteiger partial charge in [0, 0.05) is 23.2 Å². The van der Waals surface area contributed by atoms with Gasteiger partial charge in [0.15, 0.2) is 0 Å². The lowest BCUT2D eigenvalue weighted by molar-refractivity contribution is 0.391. The predicted octanol–water partition coefficient (Wildman–Crippen LogP) is 3.67. The molecule has 1 N–H and O–H groups in total. The second kappa shape index (κ2) is 6.22. The van der Waals surface area contributed by atoms with Crippen LogP contribution in [0.4, 0.5) is 0 Å². The highest BCUT2D eigenvalue weighted by atomic mass is 35.5. The summed E-state index contributed by atoms with van der Waals surface area (Å²) in [5.74, 6) is 0.889. The Morgan fingerprint density at radius 1 is 1.37 bits per heavy atom. The van der Waals surface area contributed by atoms with Crippen molar-refractivity contribution in [1.82, 2.24) is 10.5 Å². The molecule has 1 aromatic heterocycles. The molecule has 1 heterocycles. The minimum Gasteiger partial charge on any atom is -0.361 e. The normalized spacial score (nSPS) is 12.6. The average Bonchev–Trinajstić information content (AvgIpc) is 2.67. The number of benzene rings is 1. The van der Waals surface area contributed by atoms with Gasteiger partial charge in [0.25, 0.3) is 0 Å². The average molecular weight is 279 g/mol. The minimum atomic E-state index is 0.368. The van der Waals surface area contributed by atoms with E-state index in [0.29, 0.717) is 6.04 Å². The maximum Gasteiger partial charge on any atom is 0.138 e. The van der Waals surface area contributed by atoms with Crippen LogP contribution in [0.2, 0.25) is 5.02 Å². The summed E-state index contributed by atoms with van der Waals surface area (Å²) in [6.45, 7) is 6.86. The first-order valence-corrected chi connectivity index (χ1v) is 6.83. The molecule has 19 heavy (non-hydrogen) atoms. The topological polar surface area (TPSA) is 38.1 Å². The monoisotopic (exact) mass is 278 g/mol. The van der Waals surface area contributed by atoms with Crippen molar-refractivity contribution in [3.05, 3.63) is 51.9 Å². The molecule has 0 bridgehead atoms. The molecule has 1 atom stereocenters. The van der Waals surface area contributed by atoms with Crippen molar-refractivity contribution >= 4 is 11.6 Å². The third-order valence-corrected chi connectivity index (χ3v) is 3.47. The summed E-state index contributed by atoms with van der Waals surface area (Å²) in [7, 11) is 0. The lowest BCUT2D eigenvalue weighted by Gasteiger charge is -2.14. The molecule has 1 unspecified atom stereocenters. The number of hydrogen-bond donors (Lipinski definition) is 1. The summed E-state index contributed by atoms with van der Waals surface area (Å²) in [5.41, 5.74) is 3.35. The molecular weight excluding hydrogens is 260 g/mol. The summed E-state index contributed by atoms with van der Waals surface area (Å²) in [6, 6.07) is 8.36. The fraction of sp³-hybridized carbons (Fsp3) is 0.400. The number of nitrogens with zero attached hydrogens (tertiary/aromatic N) is 1. The fourth-order valence-electron chi connectivity index (χ4n) is 2.12. The predicted molar refractivity (Wildman–Crippen MR) is 77.4 cm³/mol. The third-order valence-electron chi connectivity index (χ3n) is 3.24. The van der Waals surface area contributed by atoms with E-state index in [9.17, 15) is 0 Å². The van der Waals surface area contributed by atoms with E-state index in [1.54, 1.807) is 0 Å². The quantitative estimate of drug-likeness (QED) is 0.907. The Morgan fingerprint density at radius 2 is 2.16 bits per heavy atom. The van der Waals surface area contributed by atoms with Crippen LogP contribution in [0.15, 0.2) is 28.8 Å². The van der Waals surface area contributed by atoms with Crippen LogP contribution >= 0.6 is 11.6 Å². The van der Waals surface area contributed by atoms with Crippen LogP contribution in [0, 0.1) is 13.8 Å². The summed E-state index contributed by atoms with van der Waals surface area (Å²) in [4.78, 5) is 0. The molecule has 0 aliphatic heterocycles. The molecule has 0 aliphatic carbocycles. The van der Waals surface area contributed by atoms with Crippen molar-refractivity contribution in [2.24, 2.45) is 0 Å². The van der Waals surface area contributed by atoms with Gasteiger partial charge in [0.2, 0.25) is 0 Å². The van der Waals surface area contributed by atoms with Gasteiger partial charge in [-0.15, -0.1) is 0 Å². The van der Waals surface area contributed by atoms with Gasteiger partial charge in [0.05, 0.1) is 5.69 Å². The molecular formula is C15H19ClN2O. The van der Waals surface area contributed by atoms with Gasteiger partial charge in [-0.3, -0.25) is 0 Å². The Balaban J connectivity index is 1.90. The van der Waals surface area contributed by atoms with E-state index in [1.165, 1.54) is 5.56 Å². The molecule has 1 aromatic carbocycles. The molecule has 4 heteroatoms. The Morgan fingerprint density at radius 3 is 2.79 bits per heavy atom. The molecule has 0 fully saturated rings. The van der Waals surface area contributed by atoms with E-state index in [2.05, 4.69) is 23.5 Å². The first-order valence-electron chi connectivity index (χ1n) is 6.46. The Labute approximate surface area is 118 Å². The van der Waals surface area contributed by atoms with Gasteiger partial charge in [0.1, 0.15) is 5.76 Å². The molecule has 0 amide bonds. The number of aryl methyl sites for hydroxylation is 2. The van der Waals surface area contributed by atoms with Crippen LogP contribution < -0.4 is 5.32 Å². The molecule has 2 rings (SSSR count). The summed E-state index contributed by atoms with van der Waals surface area (Å²) >= 11 is 5.99. The summed E-state index contributed by atoms with van der Waals surface area (Å²) < 4.78 is 5.15. The highest BCUT2D eigenvalue weighted by Gasteiger charge is 2.10. The molecule has 2 aromatic rings. The molecule has 3 nitrogen and oxygen atoms in total. The Kier molecular flexibility index (Phi) is 4.61. The van der Waals surface area contributed by atoms with Crippen LogP contribution in [-0.2, 0) is 13.0 Å². The van der Waals surface area contributed by atoms with Crippen LogP contribution in [0.3, 0.4) is 0 Å². The lowest BCUT2D eigenvalue weighted by Crippen LogP contribution is -2.27. The van der Waals surface area contributed by atoms with Crippen molar-refractivity contribution in [2.45, 2.75) is 39.8 Å². The van der Waals surface area contributed by atoms with E-state index in [-0.39, 0.29) is 0 Å². The van der Waals surface area contributed by atoms with Crippen molar-refractivity contribution < 1.29 is 4.52 Å². The van der Waals surface area contributed by atoms with Crippen LogP contribution in [0.5, 0.6) is 0 Å². The number of nitrogens with one attached hydrogen (secondary N) is 1. The second-order valence-electron chi connectivity index (χ2n) is 4.92. The summed E-state index contributed by atoms with van der Waals surface area (Å²) in [6.07, 6.45) is 0.948. The highest BCUT2D eigenvalue weighted by molar-refractivity contribution is 6.30. The Hall–Kier alpha value is -1.32. The fourth-order valence-corrected chi connectivity index (χ4v) is 2.33. The van der Waals surface area contributed by atoms with Gasteiger partial charge in [-0.1, -0.05) is 28.9 Å². The Bertz CT molecular complexity index is 531. The van der Waals surface area contributed by atoms with E-state index in [0.717, 1.165) is 35.0 Å². The van der Waals surface area contributed by atoms with E-state index in [4.69, 9.17) is 16.1 Å². The van der Waals surface area contributed by atoms with Crippen molar-refractivity contribution in [3.63, 3.8) is 0 Å². The number of hydrogen-bond acceptors (Lipinski definition) is 3. The van der Waals surface area contributed by atoms with E-state index >= 15 is 0 Å². The molecule has 0 radical (unpaired) electrons. The number of halogens is 1. The zero-order chi connectivity index (χ0) is 13.8.